The van der Waals surface area contributed by atoms with Gasteiger partial charge in [0.25, 0.3) is 0 Å². The lowest BCUT2D eigenvalue weighted by Gasteiger charge is -2.32. The van der Waals surface area contributed by atoms with Gasteiger partial charge in [0.05, 0.1) is 17.2 Å². The Labute approximate surface area is 211 Å². The molecule has 1 unspecified atom stereocenters. The number of thiazole rings is 1. The van der Waals surface area contributed by atoms with Crippen LogP contribution >= 0.6 is 35.3 Å². The number of aliphatic imine (C=N–C) groups is 1. The van der Waals surface area contributed by atoms with Crippen LogP contribution in [0.2, 0.25) is 0 Å². The highest BCUT2D eigenvalue weighted by atomic mass is 127. The third-order valence-electron chi connectivity index (χ3n) is 6.06. The van der Waals surface area contributed by atoms with E-state index in [1.54, 1.807) is 18.4 Å². The molecule has 0 saturated carbocycles. The first kappa shape index (κ1) is 25.3. The SMILES string of the molecule is CN=C(NCC1CCN(Cc2csc(C)n2)CC1)NC1CCc2nc(COC)nn2C1.I. The lowest BCUT2D eigenvalue weighted by molar-refractivity contribution is 0.176. The predicted octanol–water partition coefficient (Wildman–Crippen LogP) is 2.20. The molecule has 2 aromatic rings. The summed E-state index contributed by atoms with van der Waals surface area (Å²) in [6.07, 6.45) is 4.37. The normalized spacial score (nSPS) is 20.0. The fourth-order valence-corrected chi connectivity index (χ4v) is 4.96. The third kappa shape index (κ3) is 6.84. The van der Waals surface area contributed by atoms with Crippen LogP contribution in [0.4, 0.5) is 0 Å². The van der Waals surface area contributed by atoms with Gasteiger partial charge >= 0.3 is 0 Å². The summed E-state index contributed by atoms with van der Waals surface area (Å²) >= 11 is 1.74. The summed E-state index contributed by atoms with van der Waals surface area (Å²) in [5.74, 6) is 3.37. The molecule has 1 atom stereocenters. The van der Waals surface area contributed by atoms with Crippen LogP contribution in [0.5, 0.6) is 0 Å². The number of aryl methyl sites for hydroxylation is 2. The maximum Gasteiger partial charge on any atom is 0.191 e. The minimum atomic E-state index is 0. The molecule has 2 N–H and O–H groups in total. The van der Waals surface area contributed by atoms with E-state index in [0.29, 0.717) is 18.6 Å². The number of ether oxygens (including phenoxy) is 1. The average molecular weight is 575 g/mol. The zero-order valence-electron chi connectivity index (χ0n) is 19.2. The number of aromatic nitrogens is 4. The smallest absolute Gasteiger partial charge is 0.191 e. The molecule has 1 saturated heterocycles. The number of halogens is 1. The van der Waals surface area contributed by atoms with Gasteiger partial charge in [-0.05, 0) is 45.2 Å². The molecule has 0 amide bonds. The van der Waals surface area contributed by atoms with E-state index in [4.69, 9.17) is 4.74 Å². The molecule has 0 aromatic carbocycles. The van der Waals surface area contributed by atoms with Crippen molar-refractivity contribution in [1.82, 2.24) is 35.3 Å². The summed E-state index contributed by atoms with van der Waals surface area (Å²) in [6.45, 7) is 7.55. The molecule has 1 fully saturated rings. The highest BCUT2D eigenvalue weighted by Gasteiger charge is 2.23. The van der Waals surface area contributed by atoms with Crippen LogP contribution in [-0.2, 0) is 30.9 Å². The fourth-order valence-electron chi connectivity index (χ4n) is 4.36. The number of nitrogens with zero attached hydrogens (tertiary/aromatic N) is 6. The van der Waals surface area contributed by atoms with Crippen molar-refractivity contribution in [3.63, 3.8) is 0 Å². The van der Waals surface area contributed by atoms with Gasteiger partial charge in [-0.3, -0.25) is 9.89 Å². The molecule has 4 heterocycles. The van der Waals surface area contributed by atoms with E-state index in [9.17, 15) is 0 Å². The number of hydrogen-bond acceptors (Lipinski definition) is 7. The fraction of sp³-hybridized carbons (Fsp3) is 0.714. The summed E-state index contributed by atoms with van der Waals surface area (Å²) in [4.78, 5) is 16.1. The highest BCUT2D eigenvalue weighted by molar-refractivity contribution is 14.0. The Kier molecular flexibility index (Phi) is 9.68. The van der Waals surface area contributed by atoms with Gasteiger partial charge in [-0.2, -0.15) is 5.10 Å². The highest BCUT2D eigenvalue weighted by Crippen LogP contribution is 2.19. The Bertz CT molecular complexity index is 877. The molecule has 4 rings (SSSR count). The van der Waals surface area contributed by atoms with E-state index in [0.717, 1.165) is 68.2 Å². The first-order chi connectivity index (χ1) is 15.1. The molecule has 0 bridgehead atoms. The zero-order chi connectivity index (χ0) is 21.6. The maximum atomic E-state index is 5.15. The van der Waals surface area contributed by atoms with Crippen molar-refractivity contribution in [2.24, 2.45) is 10.9 Å². The second-order valence-corrected chi connectivity index (χ2v) is 9.53. The largest absolute Gasteiger partial charge is 0.377 e. The number of rotatable bonds is 7. The van der Waals surface area contributed by atoms with Crippen molar-refractivity contribution in [3.05, 3.63) is 27.7 Å². The van der Waals surface area contributed by atoms with E-state index < -0.39 is 0 Å². The monoisotopic (exact) mass is 574 g/mol. The molecule has 0 aliphatic carbocycles. The van der Waals surface area contributed by atoms with Crippen LogP contribution in [0, 0.1) is 12.8 Å². The summed E-state index contributed by atoms with van der Waals surface area (Å²) in [7, 11) is 3.51. The maximum absolute atomic E-state index is 5.15. The summed E-state index contributed by atoms with van der Waals surface area (Å²) in [5.41, 5.74) is 1.21. The summed E-state index contributed by atoms with van der Waals surface area (Å²) < 4.78 is 7.15. The molecule has 2 aliphatic heterocycles. The van der Waals surface area contributed by atoms with Crippen LogP contribution < -0.4 is 10.6 Å². The first-order valence-corrected chi connectivity index (χ1v) is 12.0. The van der Waals surface area contributed by atoms with Gasteiger partial charge in [0.1, 0.15) is 12.4 Å². The van der Waals surface area contributed by atoms with Crippen LogP contribution in [-0.4, -0.2) is 70.4 Å². The number of nitrogens with one attached hydrogen (secondary N) is 2. The molecule has 11 heteroatoms. The second-order valence-electron chi connectivity index (χ2n) is 8.47. The molecule has 9 nitrogen and oxygen atoms in total. The average Bonchev–Trinajstić information content (AvgIpc) is 3.37. The summed E-state index contributed by atoms with van der Waals surface area (Å²) in [5, 5.41) is 15.0. The molecule has 0 radical (unpaired) electrons. The Hall–Kier alpha value is -1.31. The van der Waals surface area contributed by atoms with Crippen molar-refractivity contribution in [2.75, 3.05) is 33.8 Å². The lowest BCUT2D eigenvalue weighted by atomic mass is 9.97. The number of piperidine rings is 1. The van der Waals surface area contributed by atoms with Gasteiger partial charge in [-0.1, -0.05) is 0 Å². The number of fused-ring (bicyclic) bond motifs is 1. The van der Waals surface area contributed by atoms with Crippen LogP contribution in [0.3, 0.4) is 0 Å². The van der Waals surface area contributed by atoms with Gasteiger partial charge in [-0.15, -0.1) is 35.3 Å². The Morgan fingerprint density at radius 2 is 2.09 bits per heavy atom. The van der Waals surface area contributed by atoms with Gasteiger partial charge in [0.15, 0.2) is 11.8 Å². The Balaban J connectivity index is 0.00000289. The van der Waals surface area contributed by atoms with Crippen molar-refractivity contribution in [3.8, 4) is 0 Å². The zero-order valence-corrected chi connectivity index (χ0v) is 22.4. The van der Waals surface area contributed by atoms with Crippen LogP contribution in [0.1, 0.15) is 41.6 Å². The molecular weight excluding hydrogens is 539 g/mol. The van der Waals surface area contributed by atoms with Crippen LogP contribution in [0.25, 0.3) is 0 Å². The van der Waals surface area contributed by atoms with E-state index in [1.165, 1.54) is 18.5 Å². The van der Waals surface area contributed by atoms with E-state index in [1.807, 2.05) is 11.7 Å². The first-order valence-electron chi connectivity index (χ1n) is 11.1. The third-order valence-corrected chi connectivity index (χ3v) is 6.88. The molecule has 32 heavy (non-hydrogen) atoms. The molecule has 0 spiro atoms. The van der Waals surface area contributed by atoms with Crippen molar-refractivity contribution in [1.29, 1.82) is 0 Å². The van der Waals surface area contributed by atoms with E-state index in [2.05, 4.69) is 47.9 Å². The number of hydrogen-bond donors (Lipinski definition) is 2. The number of guanidine groups is 1. The standard InChI is InChI=1S/C21H34N8OS.HI/c1-15-24-18(14-31-15)11-28-8-6-16(7-9-28)10-23-21(22-2)25-17-4-5-20-26-19(13-30-3)27-29(20)12-17;/h14,16-17H,4-13H2,1-3H3,(H2,22,23,25);1H. The molecule has 178 valence electrons. The van der Waals surface area contributed by atoms with Gasteiger partial charge < -0.3 is 15.4 Å². The Morgan fingerprint density at radius 3 is 2.78 bits per heavy atom. The molecule has 2 aromatic heterocycles. The Morgan fingerprint density at radius 1 is 1.28 bits per heavy atom. The van der Waals surface area contributed by atoms with Crippen molar-refractivity contribution >= 4 is 41.3 Å². The lowest BCUT2D eigenvalue weighted by Crippen LogP contribution is -2.48. The van der Waals surface area contributed by atoms with E-state index in [-0.39, 0.29) is 24.0 Å². The quantitative estimate of drug-likeness (QED) is 0.298. The number of likely N-dealkylation sites (tertiary alicyclic amines) is 1. The van der Waals surface area contributed by atoms with Crippen molar-refractivity contribution in [2.45, 2.75) is 58.3 Å². The molecule has 2 aliphatic rings. The summed E-state index contributed by atoms with van der Waals surface area (Å²) in [6, 6.07) is 0.305. The van der Waals surface area contributed by atoms with Crippen molar-refractivity contribution < 1.29 is 4.74 Å². The molecular formula is C21H35IN8OS. The van der Waals surface area contributed by atoms with Crippen LogP contribution in [0.15, 0.2) is 10.4 Å². The predicted molar refractivity (Wildman–Crippen MR) is 138 cm³/mol. The minimum absolute atomic E-state index is 0. The van der Waals surface area contributed by atoms with Gasteiger partial charge in [0, 0.05) is 45.1 Å². The minimum Gasteiger partial charge on any atom is -0.377 e. The topological polar surface area (TPSA) is 92.5 Å². The number of methoxy groups -OCH3 is 1. The van der Waals surface area contributed by atoms with Gasteiger partial charge in [-0.25, -0.2) is 14.6 Å². The van der Waals surface area contributed by atoms with E-state index >= 15 is 0 Å². The van der Waals surface area contributed by atoms with Gasteiger partial charge in [0.2, 0.25) is 0 Å². The second kappa shape index (κ2) is 12.2.